The number of benzene rings is 3. The minimum Gasteiger partial charge on any atom is -0.272 e. The highest BCUT2D eigenvalue weighted by Crippen LogP contribution is 2.32. The Morgan fingerprint density at radius 1 is 1.00 bits per heavy atom. The SMILES string of the molecule is O=C(CSc1nnc(SCc2cccc3ccccc23)s1)N/N=C\c1ccc(Cl)cc1. The van der Waals surface area contributed by atoms with Crippen LogP contribution in [0.25, 0.3) is 10.8 Å². The summed E-state index contributed by atoms with van der Waals surface area (Å²) in [6.45, 7) is 0. The summed E-state index contributed by atoms with van der Waals surface area (Å²) in [5.74, 6) is 0.844. The molecule has 4 aromatic rings. The van der Waals surface area contributed by atoms with Crippen molar-refractivity contribution < 1.29 is 4.79 Å². The smallest absolute Gasteiger partial charge is 0.250 e. The summed E-state index contributed by atoms with van der Waals surface area (Å²) in [6.07, 6.45) is 1.58. The lowest BCUT2D eigenvalue weighted by molar-refractivity contribution is -0.118. The van der Waals surface area contributed by atoms with Crippen molar-refractivity contribution in [2.75, 3.05) is 5.75 Å². The van der Waals surface area contributed by atoms with E-state index in [1.54, 1.807) is 30.1 Å². The molecule has 4 rings (SSSR count). The van der Waals surface area contributed by atoms with Gasteiger partial charge in [0.05, 0.1) is 12.0 Å². The molecule has 3 aromatic carbocycles. The average Bonchev–Trinajstić information content (AvgIpc) is 3.25. The molecule has 31 heavy (non-hydrogen) atoms. The third-order valence-electron chi connectivity index (χ3n) is 4.22. The van der Waals surface area contributed by atoms with Gasteiger partial charge in [-0.3, -0.25) is 4.79 Å². The van der Waals surface area contributed by atoms with Crippen molar-refractivity contribution in [3.05, 3.63) is 82.9 Å². The number of nitrogens with zero attached hydrogens (tertiary/aromatic N) is 3. The molecule has 1 heterocycles. The predicted molar refractivity (Wildman–Crippen MR) is 131 cm³/mol. The zero-order valence-corrected chi connectivity index (χ0v) is 19.4. The van der Waals surface area contributed by atoms with Gasteiger partial charge in [-0.1, -0.05) is 101 Å². The summed E-state index contributed by atoms with van der Waals surface area (Å²) in [4.78, 5) is 12.0. The Morgan fingerprint density at radius 2 is 1.74 bits per heavy atom. The Hall–Kier alpha value is -2.39. The van der Waals surface area contributed by atoms with E-state index in [-0.39, 0.29) is 11.7 Å². The molecule has 0 saturated heterocycles. The van der Waals surface area contributed by atoms with E-state index in [0.717, 1.165) is 20.0 Å². The minimum atomic E-state index is -0.199. The van der Waals surface area contributed by atoms with Crippen LogP contribution < -0.4 is 5.43 Å². The van der Waals surface area contributed by atoms with E-state index in [1.807, 2.05) is 18.2 Å². The summed E-state index contributed by atoms with van der Waals surface area (Å²) < 4.78 is 1.65. The van der Waals surface area contributed by atoms with E-state index in [4.69, 9.17) is 11.6 Å². The highest BCUT2D eigenvalue weighted by Gasteiger charge is 2.09. The van der Waals surface area contributed by atoms with Crippen LogP contribution in [-0.2, 0) is 10.5 Å². The number of carbonyl (C=O) groups is 1. The number of amides is 1. The lowest BCUT2D eigenvalue weighted by Gasteiger charge is -2.04. The molecule has 0 aliphatic heterocycles. The molecule has 0 atom stereocenters. The molecule has 0 spiro atoms. The highest BCUT2D eigenvalue weighted by molar-refractivity contribution is 8.03. The van der Waals surface area contributed by atoms with E-state index in [9.17, 15) is 4.79 Å². The average molecular weight is 485 g/mol. The van der Waals surface area contributed by atoms with Crippen LogP contribution in [0.15, 0.2) is 80.5 Å². The normalized spacial score (nSPS) is 11.3. The number of halogens is 1. The van der Waals surface area contributed by atoms with Crippen molar-refractivity contribution in [1.82, 2.24) is 15.6 Å². The number of rotatable bonds is 8. The van der Waals surface area contributed by atoms with Gasteiger partial charge in [-0.15, -0.1) is 10.2 Å². The van der Waals surface area contributed by atoms with Crippen LogP contribution in [0.3, 0.4) is 0 Å². The van der Waals surface area contributed by atoms with Crippen LogP contribution in [0.1, 0.15) is 11.1 Å². The topological polar surface area (TPSA) is 67.2 Å². The minimum absolute atomic E-state index is 0.199. The maximum atomic E-state index is 12.0. The van der Waals surface area contributed by atoms with E-state index in [1.165, 1.54) is 39.4 Å². The van der Waals surface area contributed by atoms with Gasteiger partial charge in [0.15, 0.2) is 8.68 Å². The standard InChI is InChI=1S/C22H17ClN4OS3/c23-18-10-8-15(9-11-18)12-24-25-20(28)14-30-22-27-26-21(31-22)29-13-17-6-3-5-16-4-1-2-7-19(16)17/h1-12H,13-14H2,(H,25,28)/b24-12-. The zero-order valence-electron chi connectivity index (χ0n) is 16.2. The Balaban J connectivity index is 1.25. The Kier molecular flexibility index (Phi) is 7.58. The van der Waals surface area contributed by atoms with Crippen LogP contribution in [0.5, 0.6) is 0 Å². The van der Waals surface area contributed by atoms with E-state index in [2.05, 4.69) is 57.1 Å². The Labute approximate surface area is 197 Å². The fraction of sp³-hybridized carbons (Fsp3) is 0.0909. The van der Waals surface area contributed by atoms with Crippen LogP contribution >= 0.6 is 46.5 Å². The van der Waals surface area contributed by atoms with Crippen molar-refractivity contribution in [2.45, 2.75) is 14.4 Å². The molecule has 1 N–H and O–H groups in total. The first kappa shape index (κ1) is 21.8. The van der Waals surface area contributed by atoms with Crippen molar-refractivity contribution in [1.29, 1.82) is 0 Å². The molecular weight excluding hydrogens is 468 g/mol. The molecule has 0 radical (unpaired) electrons. The quantitative estimate of drug-likeness (QED) is 0.192. The van der Waals surface area contributed by atoms with E-state index in [0.29, 0.717) is 5.02 Å². The molecular formula is C22H17ClN4OS3. The third-order valence-corrected chi connectivity index (χ3v) is 7.71. The Morgan fingerprint density at radius 3 is 2.58 bits per heavy atom. The largest absolute Gasteiger partial charge is 0.272 e. The summed E-state index contributed by atoms with van der Waals surface area (Å²) in [5.41, 5.74) is 4.64. The summed E-state index contributed by atoms with van der Waals surface area (Å²) in [6, 6.07) is 21.9. The van der Waals surface area contributed by atoms with Crippen LogP contribution in [-0.4, -0.2) is 28.1 Å². The maximum Gasteiger partial charge on any atom is 0.250 e. The number of hydrazone groups is 1. The van der Waals surface area contributed by atoms with Crippen LogP contribution in [0, 0.1) is 0 Å². The van der Waals surface area contributed by atoms with Crippen molar-refractivity contribution in [3.8, 4) is 0 Å². The van der Waals surface area contributed by atoms with Crippen molar-refractivity contribution in [3.63, 3.8) is 0 Å². The van der Waals surface area contributed by atoms with E-state index >= 15 is 0 Å². The Bertz CT molecular complexity index is 1210. The van der Waals surface area contributed by atoms with Gasteiger partial charge >= 0.3 is 0 Å². The van der Waals surface area contributed by atoms with Gasteiger partial charge in [-0.05, 0) is 34.0 Å². The monoisotopic (exact) mass is 484 g/mol. The molecule has 156 valence electrons. The van der Waals surface area contributed by atoms with Crippen molar-refractivity contribution >= 4 is 69.4 Å². The second-order valence-corrected chi connectivity index (χ2v) is 10.3. The van der Waals surface area contributed by atoms with Gasteiger partial charge < -0.3 is 0 Å². The summed E-state index contributed by atoms with van der Waals surface area (Å²) in [5, 5.41) is 15.5. The van der Waals surface area contributed by atoms with Gasteiger partial charge in [0.2, 0.25) is 0 Å². The van der Waals surface area contributed by atoms with Crippen LogP contribution in [0.4, 0.5) is 0 Å². The van der Waals surface area contributed by atoms with Gasteiger partial charge in [0.25, 0.3) is 5.91 Å². The molecule has 1 amide bonds. The molecule has 0 fully saturated rings. The van der Waals surface area contributed by atoms with Gasteiger partial charge in [0.1, 0.15) is 0 Å². The molecule has 0 aliphatic rings. The first-order valence-electron chi connectivity index (χ1n) is 9.30. The number of nitrogens with one attached hydrogen (secondary N) is 1. The van der Waals surface area contributed by atoms with Gasteiger partial charge in [0, 0.05) is 10.8 Å². The lowest BCUT2D eigenvalue weighted by Crippen LogP contribution is -2.19. The summed E-state index contributed by atoms with van der Waals surface area (Å²) in [7, 11) is 0. The number of carbonyl (C=O) groups excluding carboxylic acids is 1. The third kappa shape index (κ3) is 6.30. The number of hydrogen-bond acceptors (Lipinski definition) is 7. The second kappa shape index (κ2) is 10.8. The molecule has 9 heteroatoms. The van der Waals surface area contributed by atoms with Gasteiger partial charge in [-0.25, -0.2) is 5.43 Å². The van der Waals surface area contributed by atoms with Crippen molar-refractivity contribution in [2.24, 2.45) is 5.10 Å². The van der Waals surface area contributed by atoms with E-state index < -0.39 is 0 Å². The molecule has 0 unspecified atom stereocenters. The molecule has 5 nitrogen and oxygen atoms in total. The first-order valence-corrected chi connectivity index (χ1v) is 12.5. The maximum absolute atomic E-state index is 12.0. The molecule has 0 bridgehead atoms. The van der Waals surface area contributed by atoms with Crippen LogP contribution in [0.2, 0.25) is 5.02 Å². The summed E-state index contributed by atoms with van der Waals surface area (Å²) >= 11 is 10.3. The lowest BCUT2D eigenvalue weighted by atomic mass is 10.1. The highest BCUT2D eigenvalue weighted by atomic mass is 35.5. The number of hydrogen-bond donors (Lipinski definition) is 1. The molecule has 0 aliphatic carbocycles. The number of fused-ring (bicyclic) bond motifs is 1. The molecule has 0 saturated carbocycles. The zero-order chi connectivity index (χ0) is 21.5. The number of thioether (sulfide) groups is 2. The number of aromatic nitrogens is 2. The fourth-order valence-corrected chi connectivity index (χ4v) is 5.70. The second-order valence-electron chi connectivity index (χ2n) is 6.39. The fourth-order valence-electron chi connectivity index (χ4n) is 2.76. The van der Waals surface area contributed by atoms with Gasteiger partial charge in [-0.2, -0.15) is 5.10 Å². The first-order chi connectivity index (χ1) is 15.2. The predicted octanol–water partition coefficient (Wildman–Crippen LogP) is 5.88. The molecule has 1 aromatic heterocycles.